The van der Waals surface area contributed by atoms with Gasteiger partial charge in [-0.2, -0.15) is 5.11 Å². The minimum atomic E-state index is -1.10. The second-order valence-corrected chi connectivity index (χ2v) is 12.7. The average Bonchev–Trinajstić information content (AvgIpc) is 3.01. The van der Waals surface area contributed by atoms with Crippen LogP contribution >= 0.6 is 0 Å². The Kier molecular flexibility index (Phi) is 5.16. The second kappa shape index (κ2) is 7.22. The molecule has 5 nitrogen and oxygen atoms in total. The van der Waals surface area contributed by atoms with Crippen LogP contribution in [0.15, 0.2) is 62.1 Å². The zero-order chi connectivity index (χ0) is 22.8. The number of allylic oxidation sites excluding steroid dienone is 2. The van der Waals surface area contributed by atoms with E-state index in [0.717, 1.165) is 46.0 Å². The molecular formula is C25H33N3O2S. The Bertz CT molecular complexity index is 1070. The fraction of sp³-hybridized carbons (Fsp3) is 0.560. The highest BCUT2D eigenvalue weighted by molar-refractivity contribution is 7.84. The number of dihydropyridines is 1. The predicted molar refractivity (Wildman–Crippen MR) is 124 cm³/mol. The zero-order valence-corrected chi connectivity index (χ0v) is 20.4. The summed E-state index contributed by atoms with van der Waals surface area (Å²) in [5.74, 6) is 0.959. The molecule has 0 saturated carbocycles. The van der Waals surface area contributed by atoms with Gasteiger partial charge in [0, 0.05) is 50.6 Å². The highest BCUT2D eigenvalue weighted by atomic mass is 32.2. The molecule has 1 aromatic carbocycles. The van der Waals surface area contributed by atoms with Gasteiger partial charge in [0.15, 0.2) is 11.6 Å². The molecule has 3 aliphatic rings. The van der Waals surface area contributed by atoms with Gasteiger partial charge in [-0.1, -0.05) is 46.8 Å². The summed E-state index contributed by atoms with van der Waals surface area (Å²) < 4.78 is 12.3. The van der Waals surface area contributed by atoms with Gasteiger partial charge in [-0.25, -0.2) is 0 Å². The Morgan fingerprint density at radius 1 is 1.19 bits per heavy atom. The maximum atomic E-state index is 13.6. The molecule has 0 fully saturated rings. The first-order valence-corrected chi connectivity index (χ1v) is 12.5. The van der Waals surface area contributed by atoms with E-state index in [1.807, 2.05) is 18.2 Å². The van der Waals surface area contributed by atoms with Crippen molar-refractivity contribution in [2.24, 2.45) is 21.1 Å². The minimum Gasteiger partial charge on any atom is -0.342 e. The molecular weight excluding hydrogens is 406 g/mol. The summed E-state index contributed by atoms with van der Waals surface area (Å²) in [5, 5.41) is 12.7. The Morgan fingerprint density at radius 3 is 2.55 bits per heavy atom. The summed E-state index contributed by atoms with van der Waals surface area (Å²) in [4.78, 5) is 14.4. The summed E-state index contributed by atoms with van der Waals surface area (Å²) in [6.45, 7) is 13.0. The number of benzene rings is 1. The molecule has 1 aromatic rings. The molecule has 6 heteroatoms. The zero-order valence-electron chi connectivity index (χ0n) is 19.6. The summed E-state index contributed by atoms with van der Waals surface area (Å²) in [7, 11) is -1.10. The lowest BCUT2D eigenvalue weighted by atomic mass is 9.60. The van der Waals surface area contributed by atoms with Crippen molar-refractivity contribution >= 4 is 16.6 Å². The number of carbonyl (C=O) groups excluding carboxylic acids is 1. The molecule has 0 amide bonds. The SMILES string of the molecule is C[S@@](=O)c1cccc([C@]2(C)C3=C(CC(C)(C)CC3=O)NC3=C2C(CC(C)(C)C)N=N3)c1. The third kappa shape index (κ3) is 3.84. The molecule has 0 bridgehead atoms. The quantitative estimate of drug-likeness (QED) is 0.684. The van der Waals surface area contributed by atoms with Crippen molar-refractivity contribution in [2.45, 2.75) is 77.2 Å². The number of carbonyl (C=O) groups is 1. The molecule has 3 atom stereocenters. The van der Waals surface area contributed by atoms with Gasteiger partial charge in [0.1, 0.15) is 0 Å². The fourth-order valence-corrected chi connectivity index (χ4v) is 5.92. The molecule has 1 unspecified atom stereocenters. The standard InChI is InChI=1S/C25H33N3O2S/c1-23(2,3)12-18-21-22(28-27-18)26-17-13-24(4,5)14-19(29)20(17)25(21,6)15-9-8-10-16(11-15)31(7)30/h8-11,18,26H,12-14H2,1-7H3/t18?,25-,31-/m1/s1. The van der Waals surface area contributed by atoms with Gasteiger partial charge in [0.25, 0.3) is 0 Å². The molecule has 1 aliphatic carbocycles. The average molecular weight is 440 g/mol. The topological polar surface area (TPSA) is 70.9 Å². The van der Waals surface area contributed by atoms with Crippen molar-refractivity contribution < 1.29 is 9.00 Å². The summed E-state index contributed by atoms with van der Waals surface area (Å²) >= 11 is 0. The molecule has 2 aliphatic heterocycles. The van der Waals surface area contributed by atoms with E-state index in [0.29, 0.717) is 6.42 Å². The van der Waals surface area contributed by atoms with Gasteiger partial charge >= 0.3 is 0 Å². The number of azo groups is 1. The maximum Gasteiger partial charge on any atom is 0.162 e. The van der Waals surface area contributed by atoms with Gasteiger partial charge in [-0.05, 0) is 48.3 Å². The number of nitrogens with zero attached hydrogens (tertiary/aromatic N) is 2. The number of rotatable bonds is 3. The molecule has 0 aromatic heterocycles. The minimum absolute atomic E-state index is 0.0625. The van der Waals surface area contributed by atoms with Crippen molar-refractivity contribution in [1.82, 2.24) is 5.32 Å². The molecule has 0 spiro atoms. The predicted octanol–water partition coefficient (Wildman–Crippen LogP) is 5.41. The van der Waals surface area contributed by atoms with Crippen LogP contribution in [-0.2, 0) is 21.0 Å². The second-order valence-electron chi connectivity index (χ2n) is 11.3. The van der Waals surface area contributed by atoms with Crippen LogP contribution in [0.2, 0.25) is 0 Å². The van der Waals surface area contributed by atoms with Crippen LogP contribution in [-0.4, -0.2) is 22.3 Å². The van der Waals surface area contributed by atoms with Crippen LogP contribution in [0.1, 0.15) is 66.4 Å². The van der Waals surface area contributed by atoms with Crippen molar-refractivity contribution in [2.75, 3.05) is 6.26 Å². The van der Waals surface area contributed by atoms with Gasteiger partial charge in [-0.15, -0.1) is 5.11 Å². The van der Waals surface area contributed by atoms with E-state index in [1.54, 1.807) is 6.26 Å². The lowest BCUT2D eigenvalue weighted by Crippen LogP contribution is -2.46. The van der Waals surface area contributed by atoms with Crippen molar-refractivity contribution in [3.63, 3.8) is 0 Å². The smallest absolute Gasteiger partial charge is 0.162 e. The summed E-state index contributed by atoms with van der Waals surface area (Å²) in [6, 6.07) is 7.78. The Hall–Kier alpha value is -2.08. The van der Waals surface area contributed by atoms with Crippen LogP contribution in [0.3, 0.4) is 0 Å². The fourth-order valence-electron chi connectivity index (χ4n) is 5.35. The van der Waals surface area contributed by atoms with Crippen LogP contribution in [0.4, 0.5) is 0 Å². The Labute approximate surface area is 188 Å². The van der Waals surface area contributed by atoms with Crippen molar-refractivity contribution in [1.29, 1.82) is 0 Å². The molecule has 1 N–H and O–H groups in total. The van der Waals surface area contributed by atoms with E-state index in [1.165, 1.54) is 0 Å². The van der Waals surface area contributed by atoms with E-state index >= 15 is 0 Å². The third-order valence-corrected chi connectivity index (χ3v) is 7.54. The highest BCUT2D eigenvalue weighted by Crippen LogP contribution is 2.54. The molecule has 2 heterocycles. The maximum absolute atomic E-state index is 13.6. The van der Waals surface area contributed by atoms with Gasteiger partial charge in [0.2, 0.25) is 0 Å². The van der Waals surface area contributed by atoms with E-state index in [-0.39, 0.29) is 22.7 Å². The summed E-state index contributed by atoms with van der Waals surface area (Å²) in [5.41, 5.74) is 3.14. The number of hydrogen-bond acceptors (Lipinski definition) is 5. The van der Waals surface area contributed by atoms with E-state index in [4.69, 9.17) is 0 Å². The van der Waals surface area contributed by atoms with Crippen LogP contribution < -0.4 is 5.32 Å². The van der Waals surface area contributed by atoms with Crippen molar-refractivity contribution in [3.8, 4) is 0 Å². The lowest BCUT2D eigenvalue weighted by molar-refractivity contribution is -0.118. The largest absolute Gasteiger partial charge is 0.342 e. The van der Waals surface area contributed by atoms with Crippen LogP contribution in [0.25, 0.3) is 0 Å². The molecule has 0 saturated heterocycles. The third-order valence-electron chi connectivity index (χ3n) is 6.62. The number of ketones is 1. The van der Waals surface area contributed by atoms with E-state index in [9.17, 15) is 9.00 Å². The van der Waals surface area contributed by atoms with Gasteiger partial charge < -0.3 is 5.32 Å². The first kappa shape index (κ1) is 22.1. The monoisotopic (exact) mass is 439 g/mol. The van der Waals surface area contributed by atoms with Gasteiger partial charge in [-0.3, -0.25) is 9.00 Å². The number of Topliss-reactive ketones (excluding diaryl/α,β-unsaturated/α-hetero) is 1. The van der Waals surface area contributed by atoms with Gasteiger partial charge in [0.05, 0.1) is 6.04 Å². The Balaban J connectivity index is 1.94. The highest BCUT2D eigenvalue weighted by Gasteiger charge is 2.52. The lowest BCUT2D eigenvalue weighted by Gasteiger charge is -2.45. The van der Waals surface area contributed by atoms with Crippen molar-refractivity contribution in [3.05, 3.63) is 52.5 Å². The molecule has 4 rings (SSSR count). The number of hydrogen-bond donors (Lipinski definition) is 1. The Morgan fingerprint density at radius 2 is 1.90 bits per heavy atom. The van der Waals surface area contributed by atoms with E-state index in [2.05, 4.69) is 63.2 Å². The first-order chi connectivity index (χ1) is 14.3. The molecule has 31 heavy (non-hydrogen) atoms. The first-order valence-electron chi connectivity index (χ1n) is 11.0. The van der Waals surface area contributed by atoms with Crippen LogP contribution in [0, 0.1) is 10.8 Å². The number of nitrogens with one attached hydrogen (secondary N) is 1. The van der Waals surface area contributed by atoms with Crippen LogP contribution in [0.5, 0.6) is 0 Å². The van der Waals surface area contributed by atoms with E-state index < -0.39 is 16.2 Å². The molecule has 166 valence electrons. The summed E-state index contributed by atoms with van der Waals surface area (Å²) in [6.07, 6.45) is 3.84. The normalized spacial score (nSPS) is 28.4. The molecule has 0 radical (unpaired) electrons.